The topological polar surface area (TPSA) is 49.3 Å². The summed E-state index contributed by atoms with van der Waals surface area (Å²) in [5.74, 6) is -0.0203. The molecule has 3 rings (SSSR count). The van der Waals surface area contributed by atoms with Gasteiger partial charge in [0.2, 0.25) is 5.91 Å². The molecule has 0 saturated heterocycles. The summed E-state index contributed by atoms with van der Waals surface area (Å²) in [4.78, 5) is 13.0. The number of aliphatic hydroxyl groups excluding tert-OH is 1. The van der Waals surface area contributed by atoms with Crippen LogP contribution in [0.1, 0.15) is 82.4 Å². The van der Waals surface area contributed by atoms with E-state index in [1.165, 1.54) is 6.07 Å². The van der Waals surface area contributed by atoms with Crippen molar-refractivity contribution >= 4 is 34.8 Å². The van der Waals surface area contributed by atoms with Gasteiger partial charge in [-0.1, -0.05) is 63.2 Å². The molecule has 4 atom stereocenters. The van der Waals surface area contributed by atoms with Gasteiger partial charge in [0, 0.05) is 21.7 Å². The molecule has 1 aliphatic rings. The summed E-state index contributed by atoms with van der Waals surface area (Å²) in [5.41, 5.74) is 3.39. The standard InChI is InChI=1S/C30H40Cl2FNO2/c1-4-7-23-17-24(11-13-29(23)33)34-30(36)19(3)22-9-6-8-21(14-25(35)18-22)10-12-26-27(31)15-20(5-2)16-28(26)32/h11,13,15-17,19,21-22,25,35H,4-10,12,14,18H2,1-3H3,(H,34,36). The molecule has 0 bridgehead atoms. The number of carbonyl (C=O) groups is 1. The Kier molecular flexibility index (Phi) is 11.1. The fourth-order valence-corrected chi connectivity index (χ4v) is 6.20. The highest BCUT2D eigenvalue weighted by molar-refractivity contribution is 6.36. The number of nitrogens with one attached hydrogen (secondary N) is 1. The zero-order valence-corrected chi connectivity index (χ0v) is 23.3. The average molecular weight is 537 g/mol. The Morgan fingerprint density at radius 2 is 1.83 bits per heavy atom. The Morgan fingerprint density at radius 3 is 2.50 bits per heavy atom. The molecule has 3 nitrogen and oxygen atoms in total. The van der Waals surface area contributed by atoms with Crippen molar-refractivity contribution in [3.05, 3.63) is 62.9 Å². The molecule has 0 heterocycles. The van der Waals surface area contributed by atoms with Crippen molar-refractivity contribution in [2.75, 3.05) is 5.32 Å². The van der Waals surface area contributed by atoms with Crippen molar-refractivity contribution in [1.29, 1.82) is 0 Å². The van der Waals surface area contributed by atoms with E-state index in [2.05, 4.69) is 12.2 Å². The largest absolute Gasteiger partial charge is 0.393 e. The van der Waals surface area contributed by atoms with Crippen molar-refractivity contribution in [3.63, 3.8) is 0 Å². The highest BCUT2D eigenvalue weighted by Crippen LogP contribution is 2.35. The first-order valence-corrected chi connectivity index (χ1v) is 14.2. The molecule has 2 aromatic rings. The first-order chi connectivity index (χ1) is 17.2. The second-order valence-corrected chi connectivity index (χ2v) is 11.3. The molecule has 2 N–H and O–H groups in total. The monoisotopic (exact) mass is 535 g/mol. The van der Waals surface area contributed by atoms with Gasteiger partial charge in [0.1, 0.15) is 5.82 Å². The Morgan fingerprint density at radius 1 is 1.11 bits per heavy atom. The van der Waals surface area contributed by atoms with Gasteiger partial charge in [-0.15, -0.1) is 0 Å². The lowest BCUT2D eigenvalue weighted by atomic mass is 9.77. The van der Waals surface area contributed by atoms with Gasteiger partial charge < -0.3 is 10.4 Å². The highest BCUT2D eigenvalue weighted by atomic mass is 35.5. The maximum absolute atomic E-state index is 14.0. The van der Waals surface area contributed by atoms with Gasteiger partial charge in [0.25, 0.3) is 0 Å². The molecule has 2 aromatic carbocycles. The maximum atomic E-state index is 14.0. The van der Waals surface area contributed by atoms with Crippen LogP contribution < -0.4 is 5.32 Å². The molecular weight excluding hydrogens is 496 g/mol. The molecule has 198 valence electrons. The quantitative estimate of drug-likeness (QED) is 0.338. The molecular formula is C30H40Cl2FNO2. The molecule has 1 fully saturated rings. The highest BCUT2D eigenvalue weighted by Gasteiger charge is 2.29. The van der Waals surface area contributed by atoms with Crippen molar-refractivity contribution < 1.29 is 14.3 Å². The van der Waals surface area contributed by atoms with Crippen LogP contribution in [-0.4, -0.2) is 17.1 Å². The lowest BCUT2D eigenvalue weighted by Gasteiger charge is -2.31. The van der Waals surface area contributed by atoms with E-state index in [-0.39, 0.29) is 23.6 Å². The van der Waals surface area contributed by atoms with Gasteiger partial charge in [-0.3, -0.25) is 4.79 Å². The lowest BCUT2D eigenvalue weighted by molar-refractivity contribution is -0.121. The van der Waals surface area contributed by atoms with E-state index in [4.69, 9.17) is 23.2 Å². The first kappa shape index (κ1) is 28.9. The summed E-state index contributed by atoms with van der Waals surface area (Å²) in [6.45, 7) is 6.03. The SMILES string of the molecule is CCCc1cc(NC(=O)C(C)C2CCCC(CCc3c(Cl)cc(CC)cc3Cl)CC(O)C2)ccc1F. The third-order valence-corrected chi connectivity index (χ3v) is 8.41. The Bertz CT molecular complexity index is 1000. The number of hydrogen-bond acceptors (Lipinski definition) is 2. The number of anilines is 1. The fraction of sp³-hybridized carbons (Fsp3) is 0.567. The summed E-state index contributed by atoms with van der Waals surface area (Å²) in [6.07, 6.45) is 7.97. The smallest absolute Gasteiger partial charge is 0.227 e. The number of carbonyl (C=O) groups excluding carboxylic acids is 1. The van der Waals surface area contributed by atoms with E-state index in [9.17, 15) is 14.3 Å². The minimum absolute atomic E-state index is 0.0711. The van der Waals surface area contributed by atoms with Gasteiger partial charge >= 0.3 is 0 Å². The predicted molar refractivity (Wildman–Crippen MR) is 148 cm³/mol. The molecule has 0 aliphatic heterocycles. The molecule has 4 unspecified atom stereocenters. The maximum Gasteiger partial charge on any atom is 0.227 e. The first-order valence-electron chi connectivity index (χ1n) is 13.5. The van der Waals surface area contributed by atoms with Crippen LogP contribution in [0.3, 0.4) is 0 Å². The van der Waals surface area contributed by atoms with Gasteiger partial charge in [0.05, 0.1) is 6.10 Å². The van der Waals surface area contributed by atoms with Crippen LogP contribution in [0.5, 0.6) is 0 Å². The van der Waals surface area contributed by atoms with Crippen LogP contribution in [0.2, 0.25) is 10.0 Å². The van der Waals surface area contributed by atoms with Crippen LogP contribution in [-0.2, 0) is 24.1 Å². The van der Waals surface area contributed by atoms with Crippen LogP contribution in [0.25, 0.3) is 0 Å². The second-order valence-electron chi connectivity index (χ2n) is 10.4. The summed E-state index contributed by atoms with van der Waals surface area (Å²) in [7, 11) is 0. The summed E-state index contributed by atoms with van der Waals surface area (Å²) in [5, 5.41) is 15.3. The third-order valence-electron chi connectivity index (χ3n) is 7.73. The van der Waals surface area contributed by atoms with Gasteiger partial charge in [-0.2, -0.15) is 0 Å². The zero-order valence-electron chi connectivity index (χ0n) is 21.8. The molecule has 0 radical (unpaired) electrons. The number of rotatable bonds is 9. The predicted octanol–water partition coefficient (Wildman–Crippen LogP) is 8.41. The van der Waals surface area contributed by atoms with Gasteiger partial charge in [-0.05, 0) is 104 Å². The third kappa shape index (κ3) is 7.94. The summed E-state index contributed by atoms with van der Waals surface area (Å²) >= 11 is 13.0. The van der Waals surface area contributed by atoms with Crippen molar-refractivity contribution in [3.8, 4) is 0 Å². The van der Waals surface area contributed by atoms with E-state index in [1.807, 2.05) is 26.0 Å². The molecule has 1 aliphatic carbocycles. The fourth-order valence-electron chi connectivity index (χ4n) is 5.48. The van der Waals surface area contributed by atoms with E-state index < -0.39 is 6.10 Å². The number of benzene rings is 2. The molecule has 1 amide bonds. The number of amides is 1. The van der Waals surface area contributed by atoms with Gasteiger partial charge in [-0.25, -0.2) is 4.39 Å². The molecule has 36 heavy (non-hydrogen) atoms. The zero-order chi connectivity index (χ0) is 26.2. The van der Waals surface area contributed by atoms with Gasteiger partial charge in [0.15, 0.2) is 0 Å². The van der Waals surface area contributed by atoms with E-state index in [1.54, 1.807) is 12.1 Å². The minimum atomic E-state index is -0.439. The van der Waals surface area contributed by atoms with E-state index in [0.29, 0.717) is 30.0 Å². The Labute approximate surface area is 225 Å². The average Bonchev–Trinajstić information content (AvgIpc) is 2.82. The Hall–Kier alpha value is -1.62. The minimum Gasteiger partial charge on any atom is -0.393 e. The molecule has 1 saturated carbocycles. The van der Waals surface area contributed by atoms with E-state index >= 15 is 0 Å². The molecule has 0 aromatic heterocycles. The van der Waals surface area contributed by atoms with Crippen molar-refractivity contribution in [1.82, 2.24) is 0 Å². The second kappa shape index (κ2) is 13.8. The van der Waals surface area contributed by atoms with Crippen LogP contribution in [0, 0.1) is 23.6 Å². The molecule has 0 spiro atoms. The van der Waals surface area contributed by atoms with Crippen LogP contribution in [0.4, 0.5) is 10.1 Å². The normalized spacial score (nSPS) is 21.5. The van der Waals surface area contributed by atoms with Crippen molar-refractivity contribution in [2.24, 2.45) is 17.8 Å². The number of aryl methyl sites for hydroxylation is 2. The Balaban J connectivity index is 1.55. The van der Waals surface area contributed by atoms with Crippen molar-refractivity contribution in [2.45, 2.75) is 91.1 Å². The van der Waals surface area contributed by atoms with Crippen LogP contribution in [0.15, 0.2) is 30.3 Å². The summed E-state index contributed by atoms with van der Waals surface area (Å²) in [6, 6.07) is 8.77. The van der Waals surface area contributed by atoms with E-state index in [0.717, 1.165) is 72.5 Å². The number of hydrogen-bond donors (Lipinski definition) is 2. The number of aliphatic hydroxyl groups is 1. The number of halogens is 3. The molecule has 6 heteroatoms. The van der Waals surface area contributed by atoms with Crippen LogP contribution >= 0.6 is 23.2 Å². The lowest BCUT2D eigenvalue weighted by Crippen LogP contribution is -2.31. The summed E-state index contributed by atoms with van der Waals surface area (Å²) < 4.78 is 14.0.